The Morgan fingerprint density at radius 2 is 1.88 bits per heavy atom. The molecule has 0 atom stereocenters. The van der Waals surface area contributed by atoms with Crippen molar-refractivity contribution >= 4 is 16.9 Å². The normalized spacial score (nSPS) is 10.9. The summed E-state index contributed by atoms with van der Waals surface area (Å²) in [5.41, 5.74) is 4.80. The number of nitrogens with one attached hydrogen (secondary N) is 2. The van der Waals surface area contributed by atoms with Crippen LogP contribution in [0, 0.1) is 0 Å². The smallest absolute Gasteiger partial charge is 0.251 e. The zero-order chi connectivity index (χ0) is 23.5. The van der Waals surface area contributed by atoms with Crippen LogP contribution in [0.1, 0.15) is 16.1 Å². The van der Waals surface area contributed by atoms with Crippen molar-refractivity contribution < 1.29 is 14.6 Å². The Bertz CT molecular complexity index is 1480. The van der Waals surface area contributed by atoms with Crippen LogP contribution in [0.3, 0.4) is 0 Å². The van der Waals surface area contributed by atoms with Crippen molar-refractivity contribution in [1.29, 1.82) is 0 Å². The Morgan fingerprint density at radius 1 is 1.00 bits per heavy atom. The number of carbonyl (C=O) groups excluding carboxylic acids is 1. The molecule has 0 fully saturated rings. The molecule has 0 saturated carbocycles. The topological polar surface area (TPSA) is 113 Å². The summed E-state index contributed by atoms with van der Waals surface area (Å²) in [5.74, 6) is 0.851. The van der Waals surface area contributed by atoms with Gasteiger partial charge in [-0.3, -0.25) is 9.78 Å². The maximum absolute atomic E-state index is 12.6. The average Bonchev–Trinajstić information content (AvgIpc) is 3.31. The van der Waals surface area contributed by atoms with Crippen molar-refractivity contribution in [1.82, 2.24) is 25.3 Å². The number of aromatic hydroxyl groups is 1. The van der Waals surface area contributed by atoms with Gasteiger partial charge < -0.3 is 20.1 Å². The Kier molecular flexibility index (Phi) is 5.61. The molecule has 0 unspecified atom stereocenters. The first-order chi connectivity index (χ1) is 16.6. The van der Waals surface area contributed by atoms with E-state index in [1.807, 2.05) is 36.4 Å². The number of imidazole rings is 1. The Hall–Kier alpha value is -4.72. The summed E-state index contributed by atoms with van der Waals surface area (Å²) in [6.07, 6.45) is 3.35. The number of amides is 1. The molecule has 0 saturated heterocycles. The number of hydrogen-bond acceptors (Lipinski definition) is 6. The standard InChI is InChI=1S/C26H21N5O3/c1-34-26-19(6-4-12-28-26)16-8-10-23(32)20(13-16)24-30-21-9-7-17(14-22(21)31-24)25(33)29-15-18-5-2-3-11-27-18/h2-14,32H,15H2,1H3,(H,29,33)(H,30,31). The second-order valence-corrected chi connectivity index (χ2v) is 7.61. The van der Waals surface area contributed by atoms with Gasteiger partial charge in [-0.05, 0) is 60.2 Å². The first-order valence-corrected chi connectivity index (χ1v) is 10.6. The van der Waals surface area contributed by atoms with Crippen LogP contribution in [0.25, 0.3) is 33.5 Å². The number of hydrogen-bond donors (Lipinski definition) is 3. The van der Waals surface area contributed by atoms with Gasteiger partial charge in [0.2, 0.25) is 5.88 Å². The lowest BCUT2D eigenvalue weighted by Gasteiger charge is -2.09. The van der Waals surface area contributed by atoms with E-state index >= 15 is 0 Å². The van der Waals surface area contributed by atoms with Gasteiger partial charge >= 0.3 is 0 Å². The van der Waals surface area contributed by atoms with Gasteiger partial charge in [-0.2, -0.15) is 0 Å². The van der Waals surface area contributed by atoms with Crippen LogP contribution < -0.4 is 10.1 Å². The van der Waals surface area contributed by atoms with Gasteiger partial charge in [-0.15, -0.1) is 0 Å². The summed E-state index contributed by atoms with van der Waals surface area (Å²) < 4.78 is 5.37. The Morgan fingerprint density at radius 3 is 2.71 bits per heavy atom. The summed E-state index contributed by atoms with van der Waals surface area (Å²) in [7, 11) is 1.57. The summed E-state index contributed by atoms with van der Waals surface area (Å²) in [6, 6.07) is 19.8. The van der Waals surface area contributed by atoms with Crippen LogP contribution in [-0.2, 0) is 6.54 Å². The van der Waals surface area contributed by atoms with Crippen LogP contribution in [0.4, 0.5) is 0 Å². The van der Waals surface area contributed by atoms with Crippen LogP contribution in [0.5, 0.6) is 11.6 Å². The van der Waals surface area contributed by atoms with Crippen molar-refractivity contribution in [3.63, 3.8) is 0 Å². The number of aromatic amines is 1. The van der Waals surface area contributed by atoms with Gasteiger partial charge in [0.1, 0.15) is 11.6 Å². The number of nitrogens with zero attached hydrogens (tertiary/aromatic N) is 3. The number of carbonyl (C=O) groups is 1. The molecule has 3 heterocycles. The molecule has 34 heavy (non-hydrogen) atoms. The largest absolute Gasteiger partial charge is 0.507 e. The molecule has 2 aromatic carbocycles. The molecule has 0 spiro atoms. The van der Waals surface area contributed by atoms with Gasteiger partial charge in [0.25, 0.3) is 5.91 Å². The molecule has 0 aliphatic heterocycles. The Labute approximate surface area is 195 Å². The predicted molar refractivity (Wildman–Crippen MR) is 128 cm³/mol. The number of fused-ring (bicyclic) bond motifs is 1. The minimum Gasteiger partial charge on any atom is -0.507 e. The highest BCUT2D eigenvalue weighted by Crippen LogP contribution is 2.35. The summed E-state index contributed by atoms with van der Waals surface area (Å²) in [5, 5.41) is 13.4. The van der Waals surface area contributed by atoms with Crippen molar-refractivity contribution in [2.45, 2.75) is 6.54 Å². The quantitative estimate of drug-likeness (QED) is 0.354. The molecule has 0 aliphatic carbocycles. The van der Waals surface area contributed by atoms with Crippen LogP contribution >= 0.6 is 0 Å². The lowest BCUT2D eigenvalue weighted by Crippen LogP contribution is -2.23. The van der Waals surface area contributed by atoms with E-state index in [9.17, 15) is 9.90 Å². The molecule has 0 radical (unpaired) electrons. The predicted octanol–water partition coefficient (Wildman–Crippen LogP) is 4.33. The van der Waals surface area contributed by atoms with Gasteiger partial charge in [0, 0.05) is 23.5 Å². The molecule has 1 amide bonds. The molecule has 168 valence electrons. The van der Waals surface area contributed by atoms with Crippen molar-refractivity contribution in [2.24, 2.45) is 0 Å². The third-order valence-electron chi connectivity index (χ3n) is 5.43. The number of ether oxygens (including phenoxy) is 1. The lowest BCUT2D eigenvalue weighted by molar-refractivity contribution is 0.0950. The maximum Gasteiger partial charge on any atom is 0.251 e. The number of phenolic OH excluding ortho intramolecular Hbond substituents is 1. The SMILES string of the molecule is COc1ncccc1-c1ccc(O)c(-c2nc3ccc(C(=O)NCc4ccccn4)cc3[nH]2)c1. The number of methoxy groups -OCH3 is 1. The fraction of sp³-hybridized carbons (Fsp3) is 0.0769. The molecule has 5 aromatic rings. The van der Waals surface area contributed by atoms with E-state index in [1.54, 1.807) is 49.8 Å². The van der Waals surface area contributed by atoms with Gasteiger partial charge in [-0.1, -0.05) is 12.1 Å². The third-order valence-corrected chi connectivity index (χ3v) is 5.43. The average molecular weight is 451 g/mol. The number of benzene rings is 2. The third kappa shape index (κ3) is 4.16. The highest BCUT2D eigenvalue weighted by Gasteiger charge is 2.15. The summed E-state index contributed by atoms with van der Waals surface area (Å²) in [4.78, 5) is 28.9. The molecule has 8 nitrogen and oxygen atoms in total. The van der Waals surface area contributed by atoms with E-state index < -0.39 is 0 Å². The van der Waals surface area contributed by atoms with Crippen molar-refractivity contribution in [3.8, 4) is 34.1 Å². The van der Waals surface area contributed by atoms with Crippen LogP contribution in [0.2, 0.25) is 0 Å². The fourth-order valence-corrected chi connectivity index (χ4v) is 3.72. The van der Waals surface area contributed by atoms with Gasteiger partial charge in [0.05, 0.1) is 35.9 Å². The maximum atomic E-state index is 12.6. The fourth-order valence-electron chi connectivity index (χ4n) is 3.72. The van der Waals surface area contributed by atoms with E-state index in [1.165, 1.54) is 0 Å². The van der Waals surface area contributed by atoms with E-state index in [0.717, 1.165) is 16.8 Å². The zero-order valence-corrected chi connectivity index (χ0v) is 18.3. The number of pyridine rings is 2. The van der Waals surface area contributed by atoms with E-state index in [2.05, 4.69) is 25.3 Å². The molecule has 3 N–H and O–H groups in total. The lowest BCUT2D eigenvalue weighted by atomic mass is 10.0. The first-order valence-electron chi connectivity index (χ1n) is 10.6. The summed E-state index contributed by atoms with van der Waals surface area (Å²) >= 11 is 0. The monoisotopic (exact) mass is 451 g/mol. The first kappa shape index (κ1) is 21.1. The molecule has 0 aliphatic rings. The number of phenols is 1. The van der Waals surface area contributed by atoms with E-state index in [4.69, 9.17) is 4.74 Å². The molecule has 8 heteroatoms. The zero-order valence-electron chi connectivity index (χ0n) is 18.3. The Balaban J connectivity index is 1.44. The van der Waals surface area contributed by atoms with E-state index in [0.29, 0.717) is 40.4 Å². The van der Waals surface area contributed by atoms with Crippen LogP contribution in [-0.4, -0.2) is 38.1 Å². The second kappa shape index (κ2) is 9.03. The number of aromatic nitrogens is 4. The molecular formula is C26H21N5O3. The minimum atomic E-state index is -0.211. The number of rotatable bonds is 6. The summed E-state index contributed by atoms with van der Waals surface area (Å²) in [6.45, 7) is 0.338. The van der Waals surface area contributed by atoms with Crippen molar-refractivity contribution in [2.75, 3.05) is 7.11 Å². The molecular weight excluding hydrogens is 430 g/mol. The minimum absolute atomic E-state index is 0.0824. The van der Waals surface area contributed by atoms with Crippen molar-refractivity contribution in [3.05, 3.63) is 90.4 Å². The van der Waals surface area contributed by atoms with Gasteiger partial charge in [0.15, 0.2) is 0 Å². The number of H-pyrrole nitrogens is 1. The highest BCUT2D eigenvalue weighted by molar-refractivity contribution is 5.97. The van der Waals surface area contributed by atoms with E-state index in [-0.39, 0.29) is 11.7 Å². The molecule has 0 bridgehead atoms. The highest BCUT2D eigenvalue weighted by atomic mass is 16.5. The van der Waals surface area contributed by atoms with Crippen LogP contribution in [0.15, 0.2) is 79.1 Å². The molecule has 5 rings (SSSR count). The van der Waals surface area contributed by atoms with Gasteiger partial charge in [-0.25, -0.2) is 9.97 Å². The molecule has 3 aromatic heterocycles. The second-order valence-electron chi connectivity index (χ2n) is 7.61.